The van der Waals surface area contributed by atoms with Gasteiger partial charge in [-0.25, -0.2) is 4.79 Å². The highest BCUT2D eigenvalue weighted by molar-refractivity contribution is 6.07. The van der Waals surface area contributed by atoms with Crippen molar-refractivity contribution in [2.75, 3.05) is 13.7 Å². The van der Waals surface area contributed by atoms with Gasteiger partial charge in [-0.05, 0) is 45.4 Å². The lowest BCUT2D eigenvalue weighted by Gasteiger charge is -2.26. The van der Waals surface area contributed by atoms with Gasteiger partial charge in [-0.3, -0.25) is 9.59 Å². The zero-order chi connectivity index (χ0) is 18.7. The second-order valence-corrected chi connectivity index (χ2v) is 5.73. The Morgan fingerprint density at radius 2 is 2.00 bits per heavy atom. The number of ketones is 1. The number of carbonyl (C=O) groups is 3. The van der Waals surface area contributed by atoms with Gasteiger partial charge in [-0.15, -0.1) is 0 Å². The molecule has 1 N–H and O–H groups in total. The molecule has 0 aliphatic heterocycles. The molecule has 0 aliphatic rings. The molecule has 0 bridgehead atoms. The molecule has 134 valence electrons. The lowest BCUT2D eigenvalue weighted by atomic mass is 9.99. The Morgan fingerprint density at radius 1 is 1.32 bits per heavy atom. The highest BCUT2D eigenvalue weighted by Gasteiger charge is 2.31. The monoisotopic (exact) mass is 346 g/mol. The average molecular weight is 346 g/mol. The molecule has 2 rings (SSSR count). The van der Waals surface area contributed by atoms with Crippen molar-refractivity contribution in [1.82, 2.24) is 9.88 Å². The second-order valence-electron chi connectivity index (χ2n) is 5.73. The minimum atomic E-state index is -0.707. The molecule has 0 unspecified atom stereocenters. The normalized spacial score (nSPS) is 11.9. The van der Waals surface area contributed by atoms with Gasteiger partial charge in [0.25, 0.3) is 5.91 Å². The van der Waals surface area contributed by atoms with Crippen LogP contribution in [0.1, 0.15) is 56.5 Å². The van der Waals surface area contributed by atoms with Gasteiger partial charge >= 0.3 is 5.97 Å². The van der Waals surface area contributed by atoms with E-state index in [-0.39, 0.29) is 23.1 Å². The van der Waals surface area contributed by atoms with E-state index in [1.165, 1.54) is 18.3 Å². The van der Waals surface area contributed by atoms with Crippen molar-refractivity contribution < 1.29 is 23.5 Å². The predicted molar refractivity (Wildman–Crippen MR) is 90.8 cm³/mol. The van der Waals surface area contributed by atoms with Gasteiger partial charge in [0.2, 0.25) is 0 Å². The number of aromatic nitrogens is 1. The maximum absolute atomic E-state index is 13.0. The molecule has 2 aromatic rings. The number of aromatic amines is 1. The summed E-state index contributed by atoms with van der Waals surface area (Å²) in [6, 6.07) is 2.47. The maximum Gasteiger partial charge on any atom is 0.354 e. The van der Waals surface area contributed by atoms with Crippen molar-refractivity contribution >= 4 is 17.7 Å². The van der Waals surface area contributed by atoms with Crippen LogP contribution in [0.15, 0.2) is 22.8 Å². The Hall–Kier alpha value is -2.83. The first kappa shape index (κ1) is 18.5. The number of H-pyrrole nitrogens is 1. The maximum atomic E-state index is 13.0. The summed E-state index contributed by atoms with van der Waals surface area (Å²) in [5.74, 6) is -0.957. The topological polar surface area (TPSA) is 92.6 Å². The van der Waals surface area contributed by atoms with E-state index in [0.717, 1.165) is 0 Å². The van der Waals surface area contributed by atoms with E-state index in [1.54, 1.807) is 39.8 Å². The molecule has 7 heteroatoms. The minimum absolute atomic E-state index is 0.180. The van der Waals surface area contributed by atoms with Crippen molar-refractivity contribution in [3.63, 3.8) is 0 Å². The van der Waals surface area contributed by atoms with Gasteiger partial charge < -0.3 is 19.0 Å². The van der Waals surface area contributed by atoms with Gasteiger partial charge in [-0.1, -0.05) is 0 Å². The van der Waals surface area contributed by atoms with Gasteiger partial charge in [0, 0.05) is 17.8 Å². The molecule has 0 saturated heterocycles. The Labute approximate surface area is 145 Å². The Balaban J connectivity index is 2.34. The number of nitrogens with one attached hydrogen (secondary N) is 1. The first-order chi connectivity index (χ1) is 11.8. The number of nitrogens with zero attached hydrogens (tertiary/aromatic N) is 1. The molecule has 0 aliphatic carbocycles. The zero-order valence-corrected chi connectivity index (χ0v) is 15.0. The van der Waals surface area contributed by atoms with Crippen molar-refractivity contribution in [1.29, 1.82) is 0 Å². The number of likely N-dealkylation sites (N-methyl/N-ethyl adjacent to an activating group) is 1. The lowest BCUT2D eigenvalue weighted by molar-refractivity contribution is 0.0592. The Kier molecular flexibility index (Phi) is 5.46. The SMILES string of the molecule is CCN(C(=O)c1ccco1)[C@H](C)C(=O)c1c(C)[nH]c(C(=O)OC)c1C. The highest BCUT2D eigenvalue weighted by atomic mass is 16.5. The van der Waals surface area contributed by atoms with E-state index in [9.17, 15) is 14.4 Å². The van der Waals surface area contributed by atoms with Crippen LogP contribution < -0.4 is 0 Å². The largest absolute Gasteiger partial charge is 0.464 e. The second kappa shape index (κ2) is 7.38. The molecule has 0 radical (unpaired) electrons. The molecular formula is C18H22N2O5. The van der Waals surface area contributed by atoms with E-state index in [4.69, 9.17) is 9.15 Å². The lowest BCUT2D eigenvalue weighted by Crippen LogP contribution is -2.43. The van der Waals surface area contributed by atoms with E-state index >= 15 is 0 Å². The van der Waals surface area contributed by atoms with Crippen LogP contribution in [-0.2, 0) is 4.74 Å². The van der Waals surface area contributed by atoms with Crippen LogP contribution in [0.2, 0.25) is 0 Å². The Morgan fingerprint density at radius 3 is 2.52 bits per heavy atom. The zero-order valence-electron chi connectivity index (χ0n) is 15.0. The van der Waals surface area contributed by atoms with E-state index in [2.05, 4.69) is 4.98 Å². The quantitative estimate of drug-likeness (QED) is 0.641. The first-order valence-corrected chi connectivity index (χ1v) is 7.99. The molecule has 1 amide bonds. The van der Waals surface area contributed by atoms with Crippen LogP contribution in [0.25, 0.3) is 0 Å². The van der Waals surface area contributed by atoms with Crippen molar-refractivity contribution in [3.05, 3.63) is 46.7 Å². The number of amides is 1. The molecule has 2 heterocycles. The molecular weight excluding hydrogens is 324 g/mol. The molecule has 0 spiro atoms. The summed E-state index contributed by atoms with van der Waals surface area (Å²) in [7, 11) is 1.28. The summed E-state index contributed by atoms with van der Waals surface area (Å²) in [6.07, 6.45) is 1.41. The average Bonchev–Trinajstić information content (AvgIpc) is 3.22. The first-order valence-electron chi connectivity index (χ1n) is 7.99. The molecule has 25 heavy (non-hydrogen) atoms. The van der Waals surface area contributed by atoms with E-state index in [0.29, 0.717) is 23.4 Å². The smallest absolute Gasteiger partial charge is 0.354 e. The van der Waals surface area contributed by atoms with E-state index in [1.807, 2.05) is 0 Å². The number of aryl methyl sites for hydroxylation is 1. The van der Waals surface area contributed by atoms with Crippen molar-refractivity contribution in [2.45, 2.75) is 33.7 Å². The summed E-state index contributed by atoms with van der Waals surface area (Å²) >= 11 is 0. The number of furan rings is 1. The number of esters is 1. The predicted octanol–water partition coefficient (Wildman–Crippen LogP) is 2.74. The highest BCUT2D eigenvalue weighted by Crippen LogP contribution is 2.22. The molecule has 0 saturated carbocycles. The molecule has 0 aromatic carbocycles. The third-order valence-electron chi connectivity index (χ3n) is 4.25. The van der Waals surface area contributed by atoms with Crippen molar-refractivity contribution in [2.24, 2.45) is 0 Å². The fourth-order valence-electron chi connectivity index (χ4n) is 2.91. The van der Waals surface area contributed by atoms with Gasteiger partial charge in [0.05, 0.1) is 19.4 Å². The van der Waals surface area contributed by atoms with Gasteiger partial charge in [-0.2, -0.15) is 0 Å². The van der Waals surface area contributed by atoms with Crippen molar-refractivity contribution in [3.8, 4) is 0 Å². The van der Waals surface area contributed by atoms with Crippen LogP contribution in [-0.4, -0.2) is 47.2 Å². The molecule has 7 nitrogen and oxygen atoms in total. The standard InChI is InChI=1S/C18H22N2O5/c1-6-20(17(22)13-8-7-9-25-13)12(4)16(21)14-10(2)15(18(23)24-5)19-11(14)3/h7-9,12,19H,6H2,1-5H3/t12-/m1/s1. The third kappa shape index (κ3) is 3.35. The Bertz CT molecular complexity index is 789. The minimum Gasteiger partial charge on any atom is -0.464 e. The fraction of sp³-hybridized carbons (Fsp3) is 0.389. The van der Waals surface area contributed by atoms with Crippen LogP contribution in [0.4, 0.5) is 0 Å². The van der Waals surface area contributed by atoms with Gasteiger partial charge in [0.1, 0.15) is 5.69 Å². The number of hydrogen-bond acceptors (Lipinski definition) is 5. The molecule has 2 aromatic heterocycles. The van der Waals surface area contributed by atoms with Crippen LogP contribution in [0.5, 0.6) is 0 Å². The number of Topliss-reactive ketones (excluding diaryl/α,β-unsaturated/α-hetero) is 1. The fourth-order valence-corrected chi connectivity index (χ4v) is 2.91. The summed E-state index contributed by atoms with van der Waals surface area (Å²) in [6.45, 7) is 7.20. The number of carbonyl (C=O) groups excluding carboxylic acids is 3. The summed E-state index contributed by atoms with van der Waals surface area (Å²) in [4.78, 5) is 41.7. The number of rotatable bonds is 6. The van der Waals surface area contributed by atoms with Crippen LogP contribution >= 0.6 is 0 Å². The van der Waals surface area contributed by atoms with Crippen LogP contribution in [0.3, 0.4) is 0 Å². The molecule has 1 atom stereocenters. The molecule has 0 fully saturated rings. The number of hydrogen-bond donors (Lipinski definition) is 1. The third-order valence-corrected chi connectivity index (χ3v) is 4.25. The number of ether oxygens (including phenoxy) is 1. The van der Waals surface area contributed by atoms with Crippen LogP contribution in [0, 0.1) is 13.8 Å². The summed E-state index contributed by atoms with van der Waals surface area (Å²) in [5, 5.41) is 0. The summed E-state index contributed by atoms with van der Waals surface area (Å²) < 4.78 is 9.86. The van der Waals surface area contributed by atoms with Gasteiger partial charge in [0.15, 0.2) is 11.5 Å². The number of methoxy groups -OCH3 is 1. The summed E-state index contributed by atoms with van der Waals surface area (Å²) in [5.41, 5.74) is 1.73. The van der Waals surface area contributed by atoms with E-state index < -0.39 is 12.0 Å².